The summed E-state index contributed by atoms with van der Waals surface area (Å²) in [5.74, 6) is -0.602. The molecule has 0 fully saturated rings. The molecule has 2 rings (SSSR count). The third-order valence-electron chi connectivity index (χ3n) is 3.50. The number of primary sulfonamides is 1. The number of rotatable bonds is 9. The first-order valence-electron chi connectivity index (χ1n) is 8.16. The first kappa shape index (κ1) is 21.9. The predicted octanol–water partition coefficient (Wildman–Crippen LogP) is 1.38. The number of ether oxygens (including phenoxy) is 2. The van der Waals surface area contributed by atoms with Crippen LogP contribution in [0.3, 0.4) is 0 Å². The van der Waals surface area contributed by atoms with Gasteiger partial charge in [0, 0.05) is 11.0 Å². The molecule has 0 aromatic heterocycles. The van der Waals surface area contributed by atoms with Crippen molar-refractivity contribution in [3.8, 4) is 5.75 Å². The molecule has 0 radical (unpaired) electrons. The summed E-state index contributed by atoms with van der Waals surface area (Å²) in [5.41, 5.74) is 0.826. The van der Waals surface area contributed by atoms with Crippen LogP contribution in [-0.2, 0) is 30.8 Å². The van der Waals surface area contributed by atoms with Crippen LogP contribution in [0.15, 0.2) is 57.9 Å². The quantitative estimate of drug-likeness (QED) is 0.533. The second kappa shape index (κ2) is 10.2. The smallest absolute Gasteiger partial charge is 0.344 e. The molecule has 0 bridgehead atoms. The second-order valence-electron chi connectivity index (χ2n) is 5.70. The molecule has 1 amide bonds. The third-order valence-corrected chi connectivity index (χ3v) is 4.93. The molecule has 0 unspecified atom stereocenters. The minimum Gasteiger partial charge on any atom is -0.482 e. The lowest BCUT2D eigenvalue weighted by atomic mass is 10.1. The Balaban J connectivity index is 1.65. The number of esters is 1. The standard InChI is InChI=1S/C18H19BrN2O6S/c19-14-2-1-3-15(10-14)26-12-18(23)27-11-17(22)21-9-8-13-4-6-16(7-5-13)28(20,24)25/h1-7,10H,8-9,11-12H2,(H,21,22)(H2,20,24,25). The molecular formula is C18H19BrN2O6S. The fourth-order valence-electron chi connectivity index (χ4n) is 2.13. The van der Waals surface area contributed by atoms with Gasteiger partial charge in [-0.1, -0.05) is 34.1 Å². The second-order valence-corrected chi connectivity index (χ2v) is 8.17. The van der Waals surface area contributed by atoms with Crippen molar-refractivity contribution in [1.29, 1.82) is 0 Å². The number of halogens is 1. The fraction of sp³-hybridized carbons (Fsp3) is 0.222. The minimum atomic E-state index is -3.72. The van der Waals surface area contributed by atoms with Gasteiger partial charge in [-0.2, -0.15) is 0 Å². The number of nitrogens with one attached hydrogen (secondary N) is 1. The maximum absolute atomic E-state index is 11.7. The number of amides is 1. The van der Waals surface area contributed by atoms with E-state index in [1.165, 1.54) is 12.1 Å². The molecule has 0 saturated heterocycles. The van der Waals surface area contributed by atoms with Gasteiger partial charge in [0.15, 0.2) is 13.2 Å². The summed E-state index contributed by atoms with van der Waals surface area (Å²) in [4.78, 5) is 23.4. The van der Waals surface area contributed by atoms with E-state index in [1.54, 1.807) is 30.3 Å². The van der Waals surface area contributed by atoms with Gasteiger partial charge in [0.2, 0.25) is 10.0 Å². The third kappa shape index (κ3) is 7.67. The summed E-state index contributed by atoms with van der Waals surface area (Å²) in [6.45, 7) is -0.412. The number of benzene rings is 2. The average Bonchev–Trinajstić information content (AvgIpc) is 2.64. The molecule has 0 aliphatic carbocycles. The van der Waals surface area contributed by atoms with Gasteiger partial charge >= 0.3 is 5.97 Å². The maximum Gasteiger partial charge on any atom is 0.344 e. The lowest BCUT2D eigenvalue weighted by Crippen LogP contribution is -2.31. The van der Waals surface area contributed by atoms with E-state index in [4.69, 9.17) is 14.6 Å². The van der Waals surface area contributed by atoms with Gasteiger partial charge in [-0.05, 0) is 42.3 Å². The van der Waals surface area contributed by atoms with Gasteiger partial charge in [0.05, 0.1) is 4.90 Å². The van der Waals surface area contributed by atoms with Crippen LogP contribution in [-0.4, -0.2) is 40.1 Å². The summed E-state index contributed by atoms with van der Waals surface area (Å²) >= 11 is 3.29. The molecule has 0 spiro atoms. The van der Waals surface area contributed by atoms with E-state index in [-0.39, 0.29) is 11.5 Å². The summed E-state index contributed by atoms with van der Waals surface area (Å²) < 4.78 is 33.3. The van der Waals surface area contributed by atoms with Crippen molar-refractivity contribution < 1.29 is 27.5 Å². The van der Waals surface area contributed by atoms with E-state index in [0.29, 0.717) is 18.7 Å². The molecule has 150 valence electrons. The van der Waals surface area contributed by atoms with Gasteiger partial charge in [0.25, 0.3) is 5.91 Å². The van der Waals surface area contributed by atoms with Gasteiger partial charge in [0.1, 0.15) is 5.75 Å². The van der Waals surface area contributed by atoms with E-state index in [1.807, 2.05) is 6.07 Å². The molecule has 0 aliphatic rings. The average molecular weight is 471 g/mol. The van der Waals surface area contributed by atoms with Crippen LogP contribution in [0.2, 0.25) is 0 Å². The number of carbonyl (C=O) groups is 2. The van der Waals surface area contributed by atoms with E-state index in [9.17, 15) is 18.0 Å². The van der Waals surface area contributed by atoms with Crippen molar-refractivity contribution in [2.24, 2.45) is 5.14 Å². The number of hydrogen-bond acceptors (Lipinski definition) is 6. The zero-order valence-corrected chi connectivity index (χ0v) is 17.2. The summed E-state index contributed by atoms with van der Waals surface area (Å²) in [6.07, 6.45) is 0.483. The van der Waals surface area contributed by atoms with E-state index < -0.39 is 28.5 Å². The van der Waals surface area contributed by atoms with Crippen molar-refractivity contribution in [1.82, 2.24) is 5.32 Å². The number of nitrogens with two attached hydrogens (primary N) is 1. The number of hydrogen-bond donors (Lipinski definition) is 2. The molecule has 2 aromatic rings. The SMILES string of the molecule is NS(=O)(=O)c1ccc(CCNC(=O)COC(=O)COc2cccc(Br)c2)cc1. The Hall–Kier alpha value is -2.43. The lowest BCUT2D eigenvalue weighted by molar-refractivity contribution is -0.150. The molecule has 0 heterocycles. The Morgan fingerprint density at radius 1 is 1.07 bits per heavy atom. The number of sulfonamides is 1. The van der Waals surface area contributed by atoms with Crippen molar-refractivity contribution in [3.63, 3.8) is 0 Å². The largest absolute Gasteiger partial charge is 0.482 e. The summed E-state index contributed by atoms with van der Waals surface area (Å²) in [7, 11) is -3.72. The van der Waals surface area contributed by atoms with Crippen molar-refractivity contribution in [2.75, 3.05) is 19.8 Å². The minimum absolute atomic E-state index is 0.0253. The molecule has 28 heavy (non-hydrogen) atoms. The van der Waals surface area contributed by atoms with Gasteiger partial charge in [-0.25, -0.2) is 18.4 Å². The van der Waals surface area contributed by atoms with E-state index in [0.717, 1.165) is 10.0 Å². The Morgan fingerprint density at radius 3 is 2.43 bits per heavy atom. The highest BCUT2D eigenvalue weighted by molar-refractivity contribution is 9.10. The topological polar surface area (TPSA) is 125 Å². The maximum atomic E-state index is 11.7. The van der Waals surface area contributed by atoms with Crippen molar-refractivity contribution in [3.05, 3.63) is 58.6 Å². The van der Waals surface area contributed by atoms with Crippen LogP contribution in [0.25, 0.3) is 0 Å². The highest BCUT2D eigenvalue weighted by atomic mass is 79.9. The van der Waals surface area contributed by atoms with E-state index in [2.05, 4.69) is 21.2 Å². The zero-order chi connectivity index (χ0) is 20.6. The molecule has 0 aliphatic heterocycles. The highest BCUT2D eigenvalue weighted by Crippen LogP contribution is 2.17. The van der Waals surface area contributed by atoms with Crippen LogP contribution in [0.4, 0.5) is 0 Å². The molecule has 8 nitrogen and oxygen atoms in total. The Labute approximate surface area is 171 Å². The van der Waals surface area contributed by atoms with Gasteiger partial charge in [-0.3, -0.25) is 4.79 Å². The number of carbonyl (C=O) groups excluding carboxylic acids is 2. The summed E-state index contributed by atoms with van der Waals surface area (Å²) in [5, 5.41) is 7.63. The Bertz CT molecular complexity index is 931. The lowest BCUT2D eigenvalue weighted by Gasteiger charge is -2.08. The Kier molecular flexibility index (Phi) is 7.97. The molecule has 10 heteroatoms. The van der Waals surface area contributed by atoms with Crippen LogP contribution in [0, 0.1) is 0 Å². The normalized spacial score (nSPS) is 10.9. The first-order valence-corrected chi connectivity index (χ1v) is 10.5. The molecule has 0 saturated carbocycles. The van der Waals surface area contributed by atoms with Gasteiger partial charge in [-0.15, -0.1) is 0 Å². The monoisotopic (exact) mass is 470 g/mol. The molecule has 3 N–H and O–H groups in total. The first-order chi connectivity index (χ1) is 13.2. The predicted molar refractivity (Wildman–Crippen MR) is 105 cm³/mol. The van der Waals surface area contributed by atoms with Crippen LogP contribution in [0.1, 0.15) is 5.56 Å². The molecule has 2 aromatic carbocycles. The van der Waals surface area contributed by atoms with E-state index >= 15 is 0 Å². The molecular weight excluding hydrogens is 452 g/mol. The van der Waals surface area contributed by atoms with Crippen LogP contribution in [0.5, 0.6) is 5.75 Å². The fourth-order valence-corrected chi connectivity index (χ4v) is 3.02. The highest BCUT2D eigenvalue weighted by Gasteiger charge is 2.09. The van der Waals surface area contributed by atoms with Crippen molar-refractivity contribution >= 4 is 37.8 Å². The van der Waals surface area contributed by atoms with Crippen LogP contribution < -0.4 is 15.2 Å². The van der Waals surface area contributed by atoms with Crippen molar-refractivity contribution in [2.45, 2.75) is 11.3 Å². The summed E-state index contributed by atoms with van der Waals surface area (Å²) in [6, 6.07) is 13.0. The molecule has 0 atom stereocenters. The van der Waals surface area contributed by atoms with Gasteiger partial charge < -0.3 is 14.8 Å². The van der Waals surface area contributed by atoms with Crippen LogP contribution >= 0.6 is 15.9 Å². The zero-order valence-electron chi connectivity index (χ0n) is 14.8. The Morgan fingerprint density at radius 2 is 1.79 bits per heavy atom.